The van der Waals surface area contributed by atoms with Gasteiger partial charge < -0.3 is 10.2 Å². The molecule has 150 valence electrons. The van der Waals surface area contributed by atoms with Gasteiger partial charge in [0.1, 0.15) is 5.82 Å². The molecule has 1 aliphatic rings. The van der Waals surface area contributed by atoms with Crippen LogP contribution in [0, 0.1) is 5.82 Å². The SMILES string of the molecule is Fc1cc(Cl)ccc1C(NC1CCN(c2ccc(Cl)cc2)CC1)c1cccnc1. The zero-order chi connectivity index (χ0) is 20.2. The lowest BCUT2D eigenvalue weighted by Gasteiger charge is -2.36. The Morgan fingerprint density at radius 1 is 1.00 bits per heavy atom. The van der Waals surface area contributed by atoms with Crippen LogP contribution >= 0.6 is 23.2 Å². The van der Waals surface area contributed by atoms with Crippen molar-refractivity contribution in [3.8, 4) is 0 Å². The summed E-state index contributed by atoms with van der Waals surface area (Å²) >= 11 is 12.0. The van der Waals surface area contributed by atoms with Crippen LogP contribution in [-0.2, 0) is 0 Å². The van der Waals surface area contributed by atoms with E-state index >= 15 is 0 Å². The van der Waals surface area contributed by atoms with E-state index < -0.39 is 0 Å². The molecule has 2 heterocycles. The van der Waals surface area contributed by atoms with Crippen LogP contribution in [0.5, 0.6) is 0 Å². The molecule has 2 aromatic carbocycles. The van der Waals surface area contributed by atoms with Crippen molar-refractivity contribution in [2.45, 2.75) is 24.9 Å². The fraction of sp³-hybridized carbons (Fsp3) is 0.261. The van der Waals surface area contributed by atoms with Gasteiger partial charge >= 0.3 is 0 Å². The van der Waals surface area contributed by atoms with Crippen LogP contribution < -0.4 is 10.2 Å². The third-order valence-electron chi connectivity index (χ3n) is 5.38. The standard InChI is InChI=1S/C23H22Cl2FN3/c24-17-3-6-20(7-4-17)29-12-9-19(10-13-29)28-23(16-2-1-11-27-15-16)21-8-5-18(25)14-22(21)26/h1-8,11,14-15,19,23,28H,9-10,12-13H2. The molecular weight excluding hydrogens is 408 g/mol. The number of nitrogens with one attached hydrogen (secondary N) is 1. The van der Waals surface area contributed by atoms with E-state index in [1.807, 2.05) is 24.3 Å². The van der Waals surface area contributed by atoms with E-state index in [0.717, 1.165) is 36.5 Å². The molecule has 3 aromatic rings. The molecule has 0 radical (unpaired) electrons. The van der Waals surface area contributed by atoms with E-state index in [-0.39, 0.29) is 17.9 Å². The van der Waals surface area contributed by atoms with Gasteiger partial charge in [-0.15, -0.1) is 0 Å². The number of hydrogen-bond acceptors (Lipinski definition) is 3. The van der Waals surface area contributed by atoms with Crippen molar-refractivity contribution >= 4 is 28.9 Å². The second-order valence-electron chi connectivity index (χ2n) is 7.29. The highest BCUT2D eigenvalue weighted by molar-refractivity contribution is 6.30. The highest BCUT2D eigenvalue weighted by Crippen LogP contribution is 2.29. The first-order valence-corrected chi connectivity index (χ1v) is 10.5. The number of hydrogen-bond donors (Lipinski definition) is 1. The van der Waals surface area contributed by atoms with E-state index in [1.165, 1.54) is 11.8 Å². The fourth-order valence-electron chi connectivity index (χ4n) is 3.84. The van der Waals surface area contributed by atoms with Gasteiger partial charge in [-0.25, -0.2) is 4.39 Å². The molecule has 3 nitrogen and oxygen atoms in total. The molecule has 6 heteroatoms. The number of anilines is 1. The lowest BCUT2D eigenvalue weighted by Crippen LogP contribution is -2.44. The Bertz CT molecular complexity index is 942. The van der Waals surface area contributed by atoms with Crippen LogP contribution in [0.3, 0.4) is 0 Å². The van der Waals surface area contributed by atoms with Gasteiger partial charge in [-0.1, -0.05) is 35.3 Å². The number of rotatable bonds is 5. The first-order valence-electron chi connectivity index (χ1n) is 9.71. The first kappa shape index (κ1) is 20.1. The van der Waals surface area contributed by atoms with Crippen LogP contribution in [0.25, 0.3) is 0 Å². The molecular formula is C23H22Cl2FN3. The summed E-state index contributed by atoms with van der Waals surface area (Å²) in [4.78, 5) is 6.58. The Morgan fingerprint density at radius 3 is 2.38 bits per heavy atom. The minimum absolute atomic E-state index is 0.270. The molecule has 0 aliphatic carbocycles. The van der Waals surface area contributed by atoms with Gasteiger partial charge in [0.05, 0.1) is 6.04 Å². The monoisotopic (exact) mass is 429 g/mol. The molecule has 1 fully saturated rings. The average Bonchev–Trinajstić information content (AvgIpc) is 2.74. The van der Waals surface area contributed by atoms with Crippen LogP contribution in [0.1, 0.15) is 30.0 Å². The van der Waals surface area contributed by atoms with E-state index in [4.69, 9.17) is 23.2 Å². The van der Waals surface area contributed by atoms with Gasteiger partial charge in [-0.3, -0.25) is 4.98 Å². The van der Waals surface area contributed by atoms with Crippen molar-refractivity contribution in [3.63, 3.8) is 0 Å². The fourth-order valence-corrected chi connectivity index (χ4v) is 4.12. The van der Waals surface area contributed by atoms with Gasteiger partial charge in [-0.05, 0) is 60.9 Å². The largest absolute Gasteiger partial charge is 0.371 e. The molecule has 0 amide bonds. The molecule has 1 aliphatic heterocycles. The van der Waals surface area contributed by atoms with Crippen molar-refractivity contribution < 1.29 is 4.39 Å². The molecule has 1 aromatic heterocycles. The number of nitrogens with zero attached hydrogens (tertiary/aromatic N) is 2. The Hall–Kier alpha value is -2.14. The summed E-state index contributed by atoms with van der Waals surface area (Å²) in [7, 11) is 0. The van der Waals surface area contributed by atoms with E-state index in [0.29, 0.717) is 10.6 Å². The molecule has 1 N–H and O–H groups in total. The van der Waals surface area contributed by atoms with Crippen molar-refractivity contribution in [2.24, 2.45) is 0 Å². The summed E-state index contributed by atoms with van der Waals surface area (Å²) in [6.45, 7) is 1.87. The molecule has 4 rings (SSSR count). The Kier molecular flexibility index (Phi) is 6.34. The molecule has 0 bridgehead atoms. The Balaban J connectivity index is 1.49. The van der Waals surface area contributed by atoms with Crippen molar-refractivity contribution in [3.05, 3.63) is 94.0 Å². The quantitative estimate of drug-likeness (QED) is 0.548. The summed E-state index contributed by atoms with van der Waals surface area (Å²) in [5.74, 6) is -0.308. The van der Waals surface area contributed by atoms with Gasteiger partial charge in [0.2, 0.25) is 0 Å². The van der Waals surface area contributed by atoms with Crippen LogP contribution in [0.4, 0.5) is 10.1 Å². The van der Waals surface area contributed by atoms with Crippen LogP contribution in [0.2, 0.25) is 10.0 Å². The highest BCUT2D eigenvalue weighted by Gasteiger charge is 2.25. The maximum Gasteiger partial charge on any atom is 0.129 e. The lowest BCUT2D eigenvalue weighted by atomic mass is 9.96. The number of benzene rings is 2. The molecule has 0 spiro atoms. The third-order valence-corrected chi connectivity index (χ3v) is 5.87. The second-order valence-corrected chi connectivity index (χ2v) is 8.16. The summed E-state index contributed by atoms with van der Waals surface area (Å²) in [6, 6.07) is 16.7. The zero-order valence-electron chi connectivity index (χ0n) is 15.9. The Labute approximate surface area is 180 Å². The van der Waals surface area contributed by atoms with Crippen molar-refractivity contribution in [1.82, 2.24) is 10.3 Å². The lowest BCUT2D eigenvalue weighted by molar-refractivity contribution is 0.385. The van der Waals surface area contributed by atoms with Gasteiger partial charge in [0.15, 0.2) is 0 Å². The summed E-state index contributed by atoms with van der Waals surface area (Å²) in [6.07, 6.45) is 5.45. The van der Waals surface area contributed by atoms with Crippen molar-refractivity contribution in [1.29, 1.82) is 0 Å². The van der Waals surface area contributed by atoms with Crippen LogP contribution in [0.15, 0.2) is 67.0 Å². The van der Waals surface area contributed by atoms with Gasteiger partial charge in [0, 0.05) is 52.8 Å². The van der Waals surface area contributed by atoms with E-state index in [9.17, 15) is 4.39 Å². The van der Waals surface area contributed by atoms with Crippen LogP contribution in [-0.4, -0.2) is 24.1 Å². The third kappa shape index (κ3) is 4.89. The summed E-state index contributed by atoms with van der Waals surface area (Å²) in [5, 5.41) is 4.80. The van der Waals surface area contributed by atoms with E-state index in [1.54, 1.807) is 24.5 Å². The average molecular weight is 430 g/mol. The molecule has 1 atom stereocenters. The molecule has 1 saturated heterocycles. The predicted molar refractivity (Wildman–Crippen MR) is 117 cm³/mol. The normalized spacial score (nSPS) is 16.0. The maximum atomic E-state index is 14.7. The number of aromatic nitrogens is 1. The topological polar surface area (TPSA) is 28.2 Å². The second kappa shape index (κ2) is 9.12. The summed E-state index contributed by atoms with van der Waals surface area (Å²) < 4.78 is 14.7. The van der Waals surface area contributed by atoms with E-state index in [2.05, 4.69) is 27.3 Å². The molecule has 0 saturated carbocycles. The number of halogens is 3. The Morgan fingerprint density at radius 2 is 1.72 bits per heavy atom. The number of pyridine rings is 1. The number of piperidine rings is 1. The van der Waals surface area contributed by atoms with Gasteiger partial charge in [-0.2, -0.15) is 0 Å². The predicted octanol–water partition coefficient (Wildman–Crippen LogP) is 5.88. The zero-order valence-corrected chi connectivity index (χ0v) is 17.4. The molecule has 1 unspecified atom stereocenters. The van der Waals surface area contributed by atoms with Gasteiger partial charge in [0.25, 0.3) is 0 Å². The minimum atomic E-state index is -0.308. The maximum absolute atomic E-state index is 14.7. The highest BCUT2D eigenvalue weighted by atomic mass is 35.5. The summed E-state index contributed by atoms with van der Waals surface area (Å²) in [5.41, 5.74) is 2.71. The molecule has 29 heavy (non-hydrogen) atoms. The minimum Gasteiger partial charge on any atom is -0.371 e. The first-order chi connectivity index (χ1) is 14.1. The smallest absolute Gasteiger partial charge is 0.129 e. The van der Waals surface area contributed by atoms with Crippen molar-refractivity contribution in [2.75, 3.05) is 18.0 Å².